The topological polar surface area (TPSA) is 49.9 Å². The highest BCUT2D eigenvalue weighted by Gasteiger charge is 2.43. The number of piperidine rings is 1. The summed E-state index contributed by atoms with van der Waals surface area (Å²) in [7, 11) is 0.663. The van der Waals surface area contributed by atoms with Gasteiger partial charge in [-0.25, -0.2) is 8.42 Å². The maximum atomic E-state index is 12.8. The van der Waals surface area contributed by atoms with Gasteiger partial charge in [0.1, 0.15) is 0 Å². The Labute approximate surface area is 132 Å². The van der Waals surface area contributed by atoms with E-state index in [0.29, 0.717) is 29.8 Å². The van der Waals surface area contributed by atoms with E-state index in [1.165, 1.54) is 0 Å². The number of hydrogen-bond acceptors (Lipinski definition) is 4. The molecule has 0 aliphatic carbocycles. The van der Waals surface area contributed by atoms with Crippen LogP contribution in [0.15, 0.2) is 35.2 Å². The quantitative estimate of drug-likeness (QED) is 0.837. The summed E-state index contributed by atoms with van der Waals surface area (Å²) >= 11 is 0. The fourth-order valence-electron chi connectivity index (χ4n) is 3.51. The van der Waals surface area contributed by atoms with Gasteiger partial charge in [0.25, 0.3) is 0 Å². The summed E-state index contributed by atoms with van der Waals surface area (Å²) in [5, 5.41) is 0. The van der Waals surface area contributed by atoms with Crippen molar-refractivity contribution in [2.45, 2.75) is 17.4 Å². The summed E-state index contributed by atoms with van der Waals surface area (Å²) in [5.74, 6) is 0.793. The monoisotopic (exact) mass is 324 g/mol. The molecule has 2 aliphatic heterocycles. The maximum Gasteiger partial charge on any atom is 0.243 e. The molecule has 2 heterocycles. The Morgan fingerprint density at radius 2 is 2.00 bits per heavy atom. The van der Waals surface area contributed by atoms with E-state index in [2.05, 4.69) is 4.90 Å². The second kappa shape index (κ2) is 6.28. The minimum atomic E-state index is -3.39. The summed E-state index contributed by atoms with van der Waals surface area (Å²) in [6.45, 7) is 2.78. The van der Waals surface area contributed by atoms with Crippen LogP contribution in [0.3, 0.4) is 0 Å². The Bertz CT molecular complexity index is 603. The van der Waals surface area contributed by atoms with Gasteiger partial charge in [0.2, 0.25) is 10.0 Å². The Balaban J connectivity index is 1.77. The average molecular weight is 324 g/mol. The normalized spacial score (nSPS) is 29.7. The highest BCUT2D eigenvalue weighted by Crippen LogP contribution is 2.36. The van der Waals surface area contributed by atoms with Gasteiger partial charge in [0.05, 0.1) is 17.6 Å². The number of benzene rings is 1. The second-order valence-corrected chi connectivity index (χ2v) is 8.46. The summed E-state index contributed by atoms with van der Waals surface area (Å²) in [4.78, 5) is 2.49. The van der Waals surface area contributed by atoms with Gasteiger partial charge in [0, 0.05) is 25.6 Å². The lowest BCUT2D eigenvalue weighted by Gasteiger charge is -2.35. The van der Waals surface area contributed by atoms with E-state index in [1.807, 2.05) is 20.2 Å². The molecule has 6 heteroatoms. The zero-order valence-corrected chi connectivity index (χ0v) is 14.0. The van der Waals surface area contributed by atoms with Crippen molar-refractivity contribution in [2.75, 3.05) is 40.3 Å². The van der Waals surface area contributed by atoms with E-state index in [9.17, 15) is 8.42 Å². The Morgan fingerprint density at radius 1 is 1.27 bits per heavy atom. The van der Waals surface area contributed by atoms with Crippen LogP contribution in [-0.4, -0.2) is 64.1 Å². The van der Waals surface area contributed by atoms with E-state index >= 15 is 0 Å². The zero-order chi connectivity index (χ0) is 15.7. The molecule has 0 radical (unpaired) electrons. The molecule has 0 amide bonds. The van der Waals surface area contributed by atoms with Gasteiger partial charge >= 0.3 is 0 Å². The zero-order valence-electron chi connectivity index (χ0n) is 13.2. The Morgan fingerprint density at radius 3 is 2.68 bits per heavy atom. The lowest BCUT2D eigenvalue weighted by molar-refractivity contribution is 0.0638. The molecule has 2 saturated heterocycles. The van der Waals surface area contributed by atoms with E-state index < -0.39 is 10.0 Å². The lowest BCUT2D eigenvalue weighted by Crippen LogP contribution is -2.46. The molecule has 122 valence electrons. The number of sulfonamides is 1. The number of rotatable bonds is 4. The van der Waals surface area contributed by atoms with Gasteiger partial charge in [0.15, 0.2) is 0 Å². The first-order valence-electron chi connectivity index (χ1n) is 7.80. The first kappa shape index (κ1) is 15.9. The standard InChI is InChI=1S/C16H24N2O3S/c1-17(2)11-16-15-10-18(9-8-13(15)12-21-16)22(19,20)14-6-4-3-5-7-14/h3-7,13,15-16H,8-12H2,1-2H3/t13-,15-,16+/m1/s1. The number of hydrogen-bond donors (Lipinski definition) is 0. The van der Waals surface area contributed by atoms with E-state index in [1.54, 1.807) is 28.6 Å². The van der Waals surface area contributed by atoms with Crippen LogP contribution in [0.4, 0.5) is 0 Å². The Hall–Kier alpha value is -0.950. The smallest absolute Gasteiger partial charge is 0.243 e. The highest BCUT2D eigenvalue weighted by molar-refractivity contribution is 7.89. The van der Waals surface area contributed by atoms with Gasteiger partial charge < -0.3 is 9.64 Å². The predicted molar refractivity (Wildman–Crippen MR) is 85.1 cm³/mol. The first-order chi connectivity index (χ1) is 10.5. The third-order valence-electron chi connectivity index (χ3n) is 4.70. The lowest BCUT2D eigenvalue weighted by atomic mass is 9.85. The SMILES string of the molecule is CN(C)C[C@@H]1OC[C@H]2CCN(S(=O)(=O)c3ccccc3)C[C@H]21. The molecule has 0 bridgehead atoms. The predicted octanol–water partition coefficient (Wildman–Crippen LogP) is 1.27. The molecular formula is C16H24N2O3S. The molecule has 3 atom stereocenters. The molecule has 0 N–H and O–H groups in total. The number of nitrogens with zero attached hydrogens (tertiary/aromatic N) is 2. The first-order valence-corrected chi connectivity index (χ1v) is 9.24. The van der Waals surface area contributed by atoms with Crippen LogP contribution >= 0.6 is 0 Å². The van der Waals surface area contributed by atoms with E-state index in [-0.39, 0.29) is 6.10 Å². The van der Waals surface area contributed by atoms with Crippen molar-refractivity contribution in [2.24, 2.45) is 11.8 Å². The summed E-state index contributed by atoms with van der Waals surface area (Å²) in [6, 6.07) is 8.72. The van der Waals surface area contributed by atoms with Gasteiger partial charge in [-0.1, -0.05) is 18.2 Å². The van der Waals surface area contributed by atoms with Crippen molar-refractivity contribution in [3.05, 3.63) is 30.3 Å². The van der Waals surface area contributed by atoms with Crippen LogP contribution in [0.25, 0.3) is 0 Å². The second-order valence-electron chi connectivity index (χ2n) is 6.52. The van der Waals surface area contributed by atoms with Crippen molar-refractivity contribution in [1.82, 2.24) is 9.21 Å². The third kappa shape index (κ3) is 3.06. The Kier molecular flexibility index (Phi) is 4.54. The summed E-state index contributed by atoms with van der Waals surface area (Å²) < 4.78 is 33.1. The van der Waals surface area contributed by atoms with Crippen molar-refractivity contribution in [3.8, 4) is 0 Å². The molecule has 0 saturated carbocycles. The van der Waals surface area contributed by atoms with Crippen molar-refractivity contribution in [3.63, 3.8) is 0 Å². The summed E-state index contributed by atoms with van der Waals surface area (Å²) in [5.41, 5.74) is 0. The molecule has 0 spiro atoms. The largest absolute Gasteiger partial charge is 0.376 e. The average Bonchev–Trinajstić information content (AvgIpc) is 2.90. The van der Waals surface area contributed by atoms with Crippen molar-refractivity contribution < 1.29 is 13.2 Å². The molecule has 2 fully saturated rings. The summed E-state index contributed by atoms with van der Waals surface area (Å²) in [6.07, 6.45) is 1.02. The minimum absolute atomic E-state index is 0.133. The van der Waals surface area contributed by atoms with E-state index in [0.717, 1.165) is 19.6 Å². The van der Waals surface area contributed by atoms with Crippen molar-refractivity contribution >= 4 is 10.0 Å². The van der Waals surface area contributed by atoms with Gasteiger partial charge in [-0.15, -0.1) is 0 Å². The van der Waals surface area contributed by atoms with Crippen molar-refractivity contribution in [1.29, 1.82) is 0 Å². The fraction of sp³-hybridized carbons (Fsp3) is 0.625. The van der Waals surface area contributed by atoms with Crippen LogP contribution in [-0.2, 0) is 14.8 Å². The van der Waals surface area contributed by atoms with Crippen LogP contribution in [0.1, 0.15) is 6.42 Å². The van der Waals surface area contributed by atoms with E-state index in [4.69, 9.17) is 4.74 Å². The molecule has 3 rings (SSSR count). The van der Waals surface area contributed by atoms with Crippen LogP contribution in [0.2, 0.25) is 0 Å². The van der Waals surface area contributed by atoms with Gasteiger partial charge in [-0.05, 0) is 38.6 Å². The minimum Gasteiger partial charge on any atom is -0.376 e. The van der Waals surface area contributed by atoms with Crippen LogP contribution in [0.5, 0.6) is 0 Å². The third-order valence-corrected chi connectivity index (χ3v) is 6.58. The molecule has 0 unspecified atom stereocenters. The molecule has 5 nitrogen and oxygen atoms in total. The molecule has 1 aromatic carbocycles. The molecular weight excluding hydrogens is 300 g/mol. The highest BCUT2D eigenvalue weighted by atomic mass is 32.2. The van der Waals surface area contributed by atoms with Gasteiger partial charge in [-0.2, -0.15) is 4.31 Å². The molecule has 1 aromatic rings. The molecule has 2 aliphatic rings. The van der Waals surface area contributed by atoms with Gasteiger partial charge in [-0.3, -0.25) is 0 Å². The maximum absolute atomic E-state index is 12.8. The number of ether oxygens (including phenoxy) is 1. The number of likely N-dealkylation sites (N-methyl/N-ethyl adjacent to an activating group) is 1. The van der Waals surface area contributed by atoms with Crippen LogP contribution in [0, 0.1) is 11.8 Å². The number of fused-ring (bicyclic) bond motifs is 1. The van der Waals surface area contributed by atoms with Crippen LogP contribution < -0.4 is 0 Å². The molecule has 22 heavy (non-hydrogen) atoms. The fourth-order valence-corrected chi connectivity index (χ4v) is 5.02. The molecule has 0 aromatic heterocycles.